The predicted octanol–water partition coefficient (Wildman–Crippen LogP) is 6.00. The summed E-state index contributed by atoms with van der Waals surface area (Å²) in [5.41, 5.74) is 11.0. The van der Waals surface area contributed by atoms with Gasteiger partial charge < -0.3 is 40.3 Å². The number of amides is 3. The van der Waals surface area contributed by atoms with Gasteiger partial charge in [0.2, 0.25) is 17.8 Å². The molecule has 4 aliphatic rings. The molecule has 412 valence electrons. The summed E-state index contributed by atoms with van der Waals surface area (Å²) in [5, 5.41) is 32.2. The van der Waals surface area contributed by atoms with Crippen LogP contribution >= 0.6 is 11.6 Å². The minimum Gasteiger partial charge on any atom is -0.508 e. The number of nitrogens with zero attached hydrogens (tertiary/aromatic N) is 12. The number of benzene rings is 4. The van der Waals surface area contributed by atoms with Crippen molar-refractivity contribution >= 4 is 57.7 Å². The molecule has 79 heavy (non-hydrogen) atoms. The number of hydrogen-bond acceptors (Lipinski definition) is 16. The van der Waals surface area contributed by atoms with Crippen LogP contribution in [0.25, 0.3) is 27.8 Å². The lowest BCUT2D eigenvalue weighted by atomic mass is 9.94. The van der Waals surface area contributed by atoms with E-state index in [0.29, 0.717) is 99.6 Å². The second kappa shape index (κ2) is 23.6. The highest BCUT2D eigenvalue weighted by Crippen LogP contribution is 2.40. The molecule has 6 aromatic rings. The Bertz CT molecular complexity index is 3330. The number of aromatic nitrogens is 5. The smallest absolute Gasteiger partial charge is 0.318 e. The van der Waals surface area contributed by atoms with Crippen LogP contribution in [0.5, 0.6) is 17.5 Å². The highest BCUT2D eigenvalue weighted by atomic mass is 35.5. The van der Waals surface area contributed by atoms with E-state index in [1.165, 1.54) is 15.5 Å². The third kappa shape index (κ3) is 11.6. The largest absolute Gasteiger partial charge is 0.508 e. The standard InChI is InChI=1S/C57H63ClFN13O7/c1-35(2)43-28-44(49(75)29-48(43)74)53-64-65-54(51(60)76)72(53)40-12-10-37(11-13-40)31-67-17-14-39(15-18-67)56(78)68-22-20-66(21-23-68)26-27-79-57-62-46-33-69(47-9-5-7-38-6-4-8-45(58)50(38)47)19-16-42(46)52(63-57)70-24-25-71(55(77)36(3)59)41(32-70)30-61-34-73/h4-13,28-29,35,39,41,74-75H,3,14-27,30-33H2,1-2H3,(H2,60,76). The van der Waals surface area contributed by atoms with Gasteiger partial charge in [-0.3, -0.25) is 28.8 Å². The van der Waals surface area contributed by atoms with E-state index in [4.69, 9.17) is 32.0 Å². The molecule has 2 aromatic heterocycles. The van der Waals surface area contributed by atoms with Gasteiger partial charge in [-0.05, 0) is 85.1 Å². The number of hydrogen-bond donors (Lipinski definition) is 3. The maximum Gasteiger partial charge on any atom is 0.318 e. The molecule has 4 N–H and O–H groups in total. The fraction of sp³-hybridized carbons (Fsp3) is 0.404. The van der Waals surface area contributed by atoms with E-state index in [1.54, 1.807) is 12.1 Å². The van der Waals surface area contributed by atoms with E-state index in [-0.39, 0.29) is 66.5 Å². The summed E-state index contributed by atoms with van der Waals surface area (Å²) < 4.78 is 22.0. The number of piperazine rings is 2. The number of isocyanates is 1. The number of anilines is 2. The quantitative estimate of drug-likeness (QED) is 0.0573. The Kier molecular flexibility index (Phi) is 16.2. The van der Waals surface area contributed by atoms with E-state index in [2.05, 4.69) is 42.5 Å². The first-order valence-electron chi connectivity index (χ1n) is 26.7. The van der Waals surface area contributed by atoms with Gasteiger partial charge in [-0.2, -0.15) is 9.97 Å². The fourth-order valence-corrected chi connectivity index (χ4v) is 11.7. The molecule has 0 saturated carbocycles. The van der Waals surface area contributed by atoms with Crippen LogP contribution in [0.1, 0.15) is 65.6 Å². The van der Waals surface area contributed by atoms with Crippen molar-refractivity contribution in [1.82, 2.24) is 44.3 Å². The molecule has 1 unspecified atom stereocenters. The Morgan fingerprint density at radius 2 is 1.65 bits per heavy atom. The third-order valence-electron chi connectivity index (χ3n) is 15.6. The maximum atomic E-state index is 14.2. The first-order chi connectivity index (χ1) is 38.1. The van der Waals surface area contributed by atoms with Crippen LogP contribution in [0.3, 0.4) is 0 Å². The molecule has 10 rings (SSSR count). The molecule has 0 aliphatic carbocycles. The van der Waals surface area contributed by atoms with Gasteiger partial charge in [-0.25, -0.2) is 14.2 Å². The zero-order valence-corrected chi connectivity index (χ0v) is 45.0. The lowest BCUT2D eigenvalue weighted by molar-refractivity contribution is -0.139. The van der Waals surface area contributed by atoms with Crippen LogP contribution < -0.4 is 20.3 Å². The second-order valence-electron chi connectivity index (χ2n) is 20.8. The molecular formula is C57H63ClFN13O7. The molecule has 6 heterocycles. The van der Waals surface area contributed by atoms with Crippen molar-refractivity contribution in [2.24, 2.45) is 16.6 Å². The lowest BCUT2D eigenvalue weighted by Gasteiger charge is -2.42. The van der Waals surface area contributed by atoms with Crippen molar-refractivity contribution < 1.29 is 38.5 Å². The average Bonchev–Trinajstić information content (AvgIpc) is 3.91. The summed E-state index contributed by atoms with van der Waals surface area (Å²) in [6.07, 6.45) is 3.65. The van der Waals surface area contributed by atoms with Crippen molar-refractivity contribution in [1.29, 1.82) is 0 Å². The minimum absolute atomic E-state index is 0.0437. The molecular weight excluding hydrogens is 1030 g/mol. The summed E-state index contributed by atoms with van der Waals surface area (Å²) in [5.74, 6) is -2.12. The summed E-state index contributed by atoms with van der Waals surface area (Å²) in [6, 6.07) is 22.1. The number of rotatable bonds is 16. The number of fused-ring (bicyclic) bond motifs is 2. The van der Waals surface area contributed by atoms with Gasteiger partial charge in [0.15, 0.2) is 11.7 Å². The number of likely N-dealkylation sites (tertiary alicyclic amines) is 1. The van der Waals surface area contributed by atoms with Gasteiger partial charge in [0, 0.05) is 99.8 Å². The van der Waals surface area contributed by atoms with Crippen molar-refractivity contribution in [3.05, 3.63) is 118 Å². The number of nitrogens with two attached hydrogens (primary N) is 1. The van der Waals surface area contributed by atoms with Crippen LogP contribution in [-0.2, 0) is 33.9 Å². The van der Waals surface area contributed by atoms with Crippen LogP contribution in [0.2, 0.25) is 5.02 Å². The van der Waals surface area contributed by atoms with Crippen LogP contribution in [0.15, 0.2) is 90.2 Å². The van der Waals surface area contributed by atoms with E-state index in [0.717, 1.165) is 59.2 Å². The van der Waals surface area contributed by atoms with E-state index < -0.39 is 23.7 Å². The van der Waals surface area contributed by atoms with Crippen molar-refractivity contribution in [3.8, 4) is 34.6 Å². The van der Waals surface area contributed by atoms with Crippen LogP contribution in [0.4, 0.5) is 15.9 Å². The highest BCUT2D eigenvalue weighted by Gasteiger charge is 2.36. The van der Waals surface area contributed by atoms with E-state index in [9.17, 15) is 33.8 Å². The Labute approximate surface area is 461 Å². The zero-order chi connectivity index (χ0) is 55.5. The first-order valence-corrected chi connectivity index (χ1v) is 27.1. The number of ether oxygens (including phenoxy) is 1. The molecule has 22 heteroatoms. The van der Waals surface area contributed by atoms with Crippen LogP contribution in [-0.4, -0.2) is 170 Å². The van der Waals surface area contributed by atoms with Crippen molar-refractivity contribution in [2.75, 3.05) is 94.9 Å². The van der Waals surface area contributed by atoms with Gasteiger partial charge in [0.1, 0.15) is 23.9 Å². The number of piperidine rings is 1. The SMILES string of the molecule is C=C(F)C(=O)N1CCN(c2nc(OCCN3CCN(C(=O)C4CCN(Cc5ccc(-n6c(C(N)=O)nnc6-c6cc(C(C)C)c(O)cc6O)cc5)CC4)CC3)nc3c2CCN(c2cccc4cccc(Cl)c24)C3)CC1CN=C=O. The zero-order valence-electron chi connectivity index (χ0n) is 44.2. The van der Waals surface area contributed by atoms with Gasteiger partial charge in [-0.15, -0.1) is 10.2 Å². The fourth-order valence-electron chi connectivity index (χ4n) is 11.4. The van der Waals surface area contributed by atoms with Gasteiger partial charge >= 0.3 is 6.01 Å². The van der Waals surface area contributed by atoms with E-state index in [1.807, 2.05) is 78.2 Å². The predicted molar refractivity (Wildman–Crippen MR) is 296 cm³/mol. The number of primary amides is 1. The van der Waals surface area contributed by atoms with Gasteiger partial charge in [0.05, 0.1) is 35.4 Å². The topological polar surface area (TPSA) is 232 Å². The Hall–Kier alpha value is -7.97. The molecule has 4 aliphatic heterocycles. The molecule has 3 fully saturated rings. The molecule has 20 nitrogen and oxygen atoms in total. The lowest BCUT2D eigenvalue weighted by Crippen LogP contribution is -2.57. The van der Waals surface area contributed by atoms with Crippen molar-refractivity contribution in [2.45, 2.75) is 58.2 Å². The number of aliphatic imine (C=N–C) groups is 1. The summed E-state index contributed by atoms with van der Waals surface area (Å²) >= 11 is 6.78. The average molecular weight is 1100 g/mol. The molecule has 4 aromatic carbocycles. The summed E-state index contributed by atoms with van der Waals surface area (Å²) in [6.45, 7) is 14.5. The monoisotopic (exact) mass is 1100 g/mol. The normalized spacial score (nSPS) is 17.5. The van der Waals surface area contributed by atoms with Gasteiger partial charge in [-0.1, -0.05) is 68.4 Å². The number of phenolic OH excluding ortho intramolecular Hbond substituents is 2. The second-order valence-corrected chi connectivity index (χ2v) is 21.2. The number of aromatic hydroxyl groups is 2. The summed E-state index contributed by atoms with van der Waals surface area (Å²) in [4.78, 5) is 76.4. The molecule has 0 bridgehead atoms. The Balaban J connectivity index is 0.745. The number of phenols is 2. The Morgan fingerprint density at radius 1 is 0.899 bits per heavy atom. The third-order valence-corrected chi connectivity index (χ3v) is 15.9. The first kappa shape index (κ1) is 54.4. The Morgan fingerprint density at radius 3 is 2.35 bits per heavy atom. The minimum atomic E-state index is -1.08. The molecule has 0 spiro atoms. The maximum absolute atomic E-state index is 14.2. The van der Waals surface area contributed by atoms with Crippen LogP contribution in [0, 0.1) is 5.92 Å². The number of carbonyl (C=O) groups is 3. The molecule has 3 amide bonds. The van der Waals surface area contributed by atoms with Crippen molar-refractivity contribution in [3.63, 3.8) is 0 Å². The number of halogens is 2. The van der Waals surface area contributed by atoms with Gasteiger partial charge in [0.25, 0.3) is 11.8 Å². The summed E-state index contributed by atoms with van der Waals surface area (Å²) in [7, 11) is 0. The highest BCUT2D eigenvalue weighted by molar-refractivity contribution is 6.36. The molecule has 3 saturated heterocycles. The number of carbonyl (C=O) groups excluding carboxylic acids is 4. The molecule has 0 radical (unpaired) electrons. The van der Waals surface area contributed by atoms with E-state index >= 15 is 0 Å². The molecule has 1 atom stereocenters.